The number of aliphatic carboxylic acids is 1. The van der Waals surface area contributed by atoms with E-state index in [0.717, 1.165) is 33.2 Å². The molecule has 0 saturated carbocycles. The van der Waals surface area contributed by atoms with Gasteiger partial charge in [0.25, 0.3) is 11.8 Å². The molecule has 1 amide bonds. The maximum Gasteiger partial charge on any atom is 0.320 e. The summed E-state index contributed by atoms with van der Waals surface area (Å²) in [5, 5.41) is 14.3. The van der Waals surface area contributed by atoms with Crippen LogP contribution in [0.15, 0.2) is 89.8 Å². The molecule has 214 valence electrons. The zero-order valence-corrected chi connectivity index (χ0v) is 24.6. The highest BCUT2D eigenvalue weighted by Gasteiger charge is 2.31. The van der Waals surface area contributed by atoms with Crippen molar-refractivity contribution in [3.05, 3.63) is 118 Å². The summed E-state index contributed by atoms with van der Waals surface area (Å²) in [4.78, 5) is 41.2. The van der Waals surface area contributed by atoms with E-state index in [1.165, 1.54) is 9.47 Å². The number of rotatable bonds is 9. The minimum Gasteiger partial charge on any atom is -0.480 e. The number of hydrogen-bond acceptors (Lipinski definition) is 5. The van der Waals surface area contributed by atoms with Gasteiger partial charge in [0, 0.05) is 37.0 Å². The van der Waals surface area contributed by atoms with Crippen molar-refractivity contribution < 1.29 is 19.5 Å². The Morgan fingerprint density at radius 2 is 1.62 bits per heavy atom. The Bertz CT molecular complexity index is 1740. The van der Waals surface area contributed by atoms with E-state index in [9.17, 15) is 19.5 Å². The summed E-state index contributed by atoms with van der Waals surface area (Å²) in [7, 11) is 1.66. The molecule has 2 heterocycles. The second-order valence-corrected chi connectivity index (χ2v) is 11.5. The van der Waals surface area contributed by atoms with Gasteiger partial charge in [-0.15, -0.1) is 0 Å². The molecule has 0 radical (unpaired) electrons. The van der Waals surface area contributed by atoms with Gasteiger partial charge in [0.05, 0.1) is 5.52 Å². The van der Waals surface area contributed by atoms with Gasteiger partial charge in [0.2, 0.25) is 0 Å². The average molecular weight is 580 g/mol. The summed E-state index contributed by atoms with van der Waals surface area (Å²) in [5.41, 5.74) is 12.7. The van der Waals surface area contributed by atoms with Crippen LogP contribution in [0, 0.1) is 13.8 Å². The fourth-order valence-electron chi connectivity index (χ4n) is 5.40. The first-order chi connectivity index (χ1) is 20.1. The van der Waals surface area contributed by atoms with Crippen molar-refractivity contribution in [1.82, 2.24) is 9.47 Å². The average Bonchev–Trinajstić information content (AvgIpc) is 3.64. The smallest absolute Gasteiger partial charge is 0.320 e. The van der Waals surface area contributed by atoms with E-state index in [-0.39, 0.29) is 18.2 Å². The van der Waals surface area contributed by atoms with E-state index >= 15 is 0 Å². The van der Waals surface area contributed by atoms with E-state index in [4.69, 9.17) is 5.73 Å². The van der Waals surface area contributed by atoms with Crippen LogP contribution in [-0.2, 0) is 17.6 Å². The van der Waals surface area contributed by atoms with Crippen LogP contribution in [-0.4, -0.2) is 51.5 Å². The predicted molar refractivity (Wildman–Crippen MR) is 167 cm³/mol. The fourth-order valence-corrected chi connectivity index (χ4v) is 6.06. The molecule has 0 bridgehead atoms. The third-order valence-corrected chi connectivity index (χ3v) is 8.25. The number of likely N-dealkylation sites (N-methyl/N-ethyl adjacent to an activating group) is 1. The van der Waals surface area contributed by atoms with Crippen molar-refractivity contribution >= 4 is 40.0 Å². The lowest BCUT2D eigenvalue weighted by Gasteiger charge is -2.28. The van der Waals surface area contributed by atoms with E-state index in [1.807, 2.05) is 86.0 Å². The minimum absolute atomic E-state index is 0.0716. The number of aromatic nitrogens is 1. The van der Waals surface area contributed by atoms with Crippen LogP contribution in [0.2, 0.25) is 0 Å². The van der Waals surface area contributed by atoms with Gasteiger partial charge in [-0.3, -0.25) is 19.0 Å². The molecule has 5 aromatic rings. The van der Waals surface area contributed by atoms with Crippen molar-refractivity contribution in [2.24, 2.45) is 5.73 Å². The molecular formula is C34H33N3O4S. The number of hydrogen-bond donors (Lipinski definition) is 2. The lowest BCUT2D eigenvalue weighted by Crippen LogP contribution is -2.46. The Morgan fingerprint density at radius 1 is 0.929 bits per heavy atom. The second-order valence-electron chi connectivity index (χ2n) is 10.7. The topological polar surface area (TPSA) is 106 Å². The number of nitrogens with two attached hydrogens (primary N) is 1. The van der Waals surface area contributed by atoms with Crippen LogP contribution in [0.5, 0.6) is 0 Å². The van der Waals surface area contributed by atoms with Gasteiger partial charge in [-0.2, -0.15) is 11.3 Å². The molecule has 5 rings (SSSR count). The molecule has 0 saturated heterocycles. The number of carboxylic acid groups (broad SMARTS) is 1. The number of thiophene rings is 1. The Morgan fingerprint density at radius 3 is 2.26 bits per heavy atom. The van der Waals surface area contributed by atoms with Gasteiger partial charge in [0.15, 0.2) is 0 Å². The SMILES string of the molecule is Cc1cc(C)cc(C(=O)N(C)[C@@H](Cc2ccc(-c3ccsc3)cc2)C(=O)n2cc(C[C@H](N)C(=O)O)c3ccccc32)c1. The first-order valence-electron chi connectivity index (χ1n) is 13.7. The van der Waals surface area contributed by atoms with Crippen molar-refractivity contribution in [2.75, 3.05) is 7.05 Å². The number of para-hydroxylation sites is 1. The van der Waals surface area contributed by atoms with Crippen LogP contribution in [0.4, 0.5) is 0 Å². The van der Waals surface area contributed by atoms with E-state index in [1.54, 1.807) is 24.6 Å². The summed E-state index contributed by atoms with van der Waals surface area (Å²) >= 11 is 1.63. The Kier molecular flexibility index (Phi) is 8.38. The zero-order chi connectivity index (χ0) is 30.0. The number of benzene rings is 3. The molecule has 3 aromatic carbocycles. The maximum atomic E-state index is 14.4. The standard InChI is InChI=1S/C34H33N3O4S/c1-21-14-22(2)16-26(15-21)32(38)36(3)31(17-23-8-10-24(11-9-23)25-12-13-42-20-25)33(39)37-19-27(18-29(35)34(40)41)28-6-4-5-7-30(28)37/h4-16,19-20,29,31H,17-18,35H2,1-3H3,(H,40,41)/t29-,31-/m0/s1. The van der Waals surface area contributed by atoms with Gasteiger partial charge in [-0.1, -0.05) is 59.7 Å². The number of nitrogens with zero attached hydrogens (tertiary/aromatic N) is 2. The quantitative estimate of drug-likeness (QED) is 0.224. The van der Waals surface area contributed by atoms with E-state index in [0.29, 0.717) is 23.1 Å². The summed E-state index contributed by atoms with van der Waals surface area (Å²) < 4.78 is 1.54. The molecular weight excluding hydrogens is 546 g/mol. The largest absolute Gasteiger partial charge is 0.480 e. The number of carboxylic acids is 1. The third kappa shape index (κ3) is 6.05. The summed E-state index contributed by atoms with van der Waals surface area (Å²) in [6.07, 6.45) is 2.03. The van der Waals surface area contributed by atoms with Crippen LogP contribution < -0.4 is 5.73 Å². The molecule has 7 nitrogen and oxygen atoms in total. The lowest BCUT2D eigenvalue weighted by molar-refractivity contribution is -0.138. The first-order valence-corrected chi connectivity index (χ1v) is 14.6. The van der Waals surface area contributed by atoms with Gasteiger partial charge in [0.1, 0.15) is 12.1 Å². The van der Waals surface area contributed by atoms with Gasteiger partial charge in [-0.25, -0.2) is 0 Å². The summed E-state index contributed by atoms with van der Waals surface area (Å²) in [5.74, 6) is -1.65. The fraction of sp³-hybridized carbons (Fsp3) is 0.206. The van der Waals surface area contributed by atoms with Crippen molar-refractivity contribution in [2.45, 2.75) is 38.8 Å². The van der Waals surface area contributed by atoms with E-state index < -0.39 is 18.1 Å². The number of amides is 1. The molecule has 2 aromatic heterocycles. The van der Waals surface area contributed by atoms with Crippen LogP contribution in [0.1, 0.15) is 37.4 Å². The number of fused-ring (bicyclic) bond motifs is 1. The molecule has 0 fully saturated rings. The number of carbonyl (C=O) groups is 3. The molecule has 0 unspecified atom stereocenters. The number of aryl methyl sites for hydroxylation is 2. The van der Waals surface area contributed by atoms with Gasteiger partial charge in [-0.05, 0) is 71.1 Å². The highest BCUT2D eigenvalue weighted by atomic mass is 32.1. The van der Waals surface area contributed by atoms with Crippen LogP contribution in [0.25, 0.3) is 22.0 Å². The highest BCUT2D eigenvalue weighted by molar-refractivity contribution is 7.08. The molecule has 3 N–H and O–H groups in total. The highest BCUT2D eigenvalue weighted by Crippen LogP contribution is 2.26. The number of carbonyl (C=O) groups excluding carboxylic acids is 2. The normalized spacial score (nSPS) is 12.7. The van der Waals surface area contributed by atoms with E-state index in [2.05, 4.69) is 11.4 Å². The minimum atomic E-state index is -1.11. The van der Waals surface area contributed by atoms with Crippen molar-refractivity contribution in [1.29, 1.82) is 0 Å². The molecule has 42 heavy (non-hydrogen) atoms. The molecule has 0 spiro atoms. The van der Waals surface area contributed by atoms with Crippen LogP contribution >= 0.6 is 11.3 Å². The van der Waals surface area contributed by atoms with Crippen molar-refractivity contribution in [3.8, 4) is 11.1 Å². The summed E-state index contributed by atoms with van der Waals surface area (Å²) in [6, 6.07) is 21.2. The summed E-state index contributed by atoms with van der Waals surface area (Å²) in [6.45, 7) is 3.88. The third-order valence-electron chi connectivity index (χ3n) is 7.57. The van der Waals surface area contributed by atoms with Gasteiger partial charge < -0.3 is 15.7 Å². The van der Waals surface area contributed by atoms with Crippen molar-refractivity contribution in [3.63, 3.8) is 0 Å². The molecule has 8 heteroatoms. The molecule has 2 atom stereocenters. The Balaban J connectivity index is 1.54. The first kappa shape index (κ1) is 29.0. The predicted octanol–water partition coefficient (Wildman–Crippen LogP) is 5.96. The molecule has 0 aliphatic rings. The molecule has 0 aliphatic carbocycles. The Hall–Kier alpha value is -4.53. The lowest BCUT2D eigenvalue weighted by atomic mass is 9.99. The maximum absolute atomic E-state index is 14.4. The van der Waals surface area contributed by atoms with Crippen LogP contribution in [0.3, 0.4) is 0 Å². The zero-order valence-electron chi connectivity index (χ0n) is 23.8. The second kappa shape index (κ2) is 12.1. The van der Waals surface area contributed by atoms with Gasteiger partial charge >= 0.3 is 5.97 Å². The molecule has 0 aliphatic heterocycles. The Labute approximate surface area is 248 Å². The monoisotopic (exact) mass is 579 g/mol.